The van der Waals surface area contributed by atoms with E-state index in [1.54, 1.807) is 37.3 Å². The number of fused-ring (bicyclic) bond motifs is 1. The molecule has 1 aliphatic rings. The number of rotatable bonds is 4. The Kier molecular flexibility index (Phi) is 3.78. The lowest BCUT2D eigenvalue weighted by molar-refractivity contribution is 0.0625. The van der Waals surface area contributed by atoms with Crippen LogP contribution in [-0.2, 0) is 0 Å². The number of nitrogens with one attached hydrogen (secondary N) is 1. The van der Waals surface area contributed by atoms with Crippen molar-refractivity contribution in [2.24, 2.45) is 5.84 Å². The number of hydrazine groups is 1. The maximum atomic E-state index is 12.2. The second kappa shape index (κ2) is 5.34. The Balaban J connectivity index is 2.22. The molecular formula is C14H17N3O2. The van der Waals surface area contributed by atoms with Crippen LogP contribution in [0, 0.1) is 0 Å². The lowest BCUT2D eigenvalue weighted by Crippen LogP contribution is -2.37. The van der Waals surface area contributed by atoms with E-state index in [2.05, 4.69) is 5.43 Å². The third kappa shape index (κ3) is 2.43. The zero-order chi connectivity index (χ0) is 14.0. The van der Waals surface area contributed by atoms with Crippen molar-refractivity contribution in [1.82, 2.24) is 10.3 Å². The van der Waals surface area contributed by atoms with Crippen molar-refractivity contribution in [1.29, 1.82) is 0 Å². The van der Waals surface area contributed by atoms with Gasteiger partial charge < -0.3 is 0 Å². The van der Waals surface area contributed by atoms with Crippen LogP contribution in [0.4, 0.5) is 0 Å². The Hall–Kier alpha value is -1.98. The van der Waals surface area contributed by atoms with Crippen LogP contribution in [0.25, 0.3) is 0 Å². The second-order valence-corrected chi connectivity index (χ2v) is 4.61. The van der Waals surface area contributed by atoms with Crippen LogP contribution in [0.15, 0.2) is 36.4 Å². The van der Waals surface area contributed by atoms with Crippen molar-refractivity contribution in [2.75, 3.05) is 0 Å². The van der Waals surface area contributed by atoms with Crippen LogP contribution in [-0.4, -0.2) is 28.8 Å². The molecular weight excluding hydrogens is 242 g/mol. The Morgan fingerprint density at radius 1 is 1.11 bits per heavy atom. The number of nitrogens with zero attached hydrogens (tertiary/aromatic N) is 1. The van der Waals surface area contributed by atoms with Crippen molar-refractivity contribution in [3.8, 4) is 0 Å². The summed E-state index contributed by atoms with van der Waals surface area (Å²) in [4.78, 5) is 25.7. The Bertz CT molecular complexity index is 504. The Labute approximate surface area is 112 Å². The zero-order valence-electron chi connectivity index (χ0n) is 11.0. The van der Waals surface area contributed by atoms with Crippen molar-refractivity contribution in [2.45, 2.75) is 25.9 Å². The molecule has 2 atom stereocenters. The van der Waals surface area contributed by atoms with Gasteiger partial charge in [0, 0.05) is 6.04 Å². The highest BCUT2D eigenvalue weighted by Crippen LogP contribution is 2.24. The first kappa shape index (κ1) is 13.5. The molecule has 0 fully saturated rings. The van der Waals surface area contributed by atoms with Crippen LogP contribution < -0.4 is 11.3 Å². The molecule has 1 aliphatic heterocycles. The number of amides is 2. The average molecular weight is 259 g/mol. The Morgan fingerprint density at radius 3 is 2.11 bits per heavy atom. The molecule has 3 N–H and O–H groups in total. The van der Waals surface area contributed by atoms with Crippen LogP contribution >= 0.6 is 0 Å². The van der Waals surface area contributed by atoms with Crippen LogP contribution in [0.1, 0.15) is 34.6 Å². The number of carbonyl (C=O) groups excluding carboxylic acids is 2. The minimum atomic E-state index is -0.303. The van der Waals surface area contributed by atoms with Crippen LogP contribution in [0.2, 0.25) is 0 Å². The van der Waals surface area contributed by atoms with Crippen molar-refractivity contribution in [3.63, 3.8) is 0 Å². The van der Waals surface area contributed by atoms with Crippen molar-refractivity contribution < 1.29 is 9.59 Å². The van der Waals surface area contributed by atoms with Gasteiger partial charge in [-0.15, -0.1) is 0 Å². The minimum absolute atomic E-state index is 0.0161. The standard InChI is InChI=1S/C14H17N3O2/c1-9(16-15)7-8-10(2)17-13(18)11-5-3-4-6-12(11)14(17)19/h3-10,16H,15H2,1-2H3/b8-7-/t9-,10+/m1/s1. The molecule has 0 aromatic heterocycles. The fourth-order valence-electron chi connectivity index (χ4n) is 2.05. The van der Waals surface area contributed by atoms with E-state index in [-0.39, 0.29) is 23.9 Å². The summed E-state index contributed by atoms with van der Waals surface area (Å²) >= 11 is 0. The van der Waals surface area contributed by atoms with E-state index in [1.165, 1.54) is 4.90 Å². The topological polar surface area (TPSA) is 75.4 Å². The molecule has 1 heterocycles. The smallest absolute Gasteiger partial charge is 0.262 e. The molecule has 0 saturated carbocycles. The van der Waals surface area contributed by atoms with Gasteiger partial charge >= 0.3 is 0 Å². The van der Waals surface area contributed by atoms with E-state index in [0.29, 0.717) is 11.1 Å². The normalized spacial score (nSPS) is 17.9. The van der Waals surface area contributed by atoms with E-state index in [0.717, 1.165) is 0 Å². The van der Waals surface area contributed by atoms with Gasteiger partial charge in [-0.05, 0) is 26.0 Å². The minimum Gasteiger partial charge on any atom is -0.271 e. The van der Waals surface area contributed by atoms with Gasteiger partial charge in [-0.2, -0.15) is 0 Å². The molecule has 0 unspecified atom stereocenters. The number of hydrogen-bond donors (Lipinski definition) is 2. The number of benzene rings is 1. The molecule has 19 heavy (non-hydrogen) atoms. The van der Waals surface area contributed by atoms with Crippen LogP contribution in [0.3, 0.4) is 0 Å². The quantitative estimate of drug-likeness (QED) is 0.367. The Morgan fingerprint density at radius 2 is 1.63 bits per heavy atom. The van der Waals surface area contributed by atoms with Gasteiger partial charge in [-0.25, -0.2) is 0 Å². The van der Waals surface area contributed by atoms with Gasteiger partial charge in [0.15, 0.2) is 0 Å². The highest BCUT2D eigenvalue weighted by molar-refractivity contribution is 6.21. The molecule has 5 nitrogen and oxygen atoms in total. The summed E-state index contributed by atoms with van der Waals surface area (Å²) in [6.07, 6.45) is 3.63. The summed E-state index contributed by atoms with van der Waals surface area (Å²) in [5, 5.41) is 0. The van der Waals surface area contributed by atoms with Gasteiger partial charge in [0.2, 0.25) is 0 Å². The van der Waals surface area contributed by atoms with Gasteiger partial charge in [0.1, 0.15) is 0 Å². The van der Waals surface area contributed by atoms with E-state index >= 15 is 0 Å². The van der Waals surface area contributed by atoms with Crippen LogP contribution in [0.5, 0.6) is 0 Å². The van der Waals surface area contributed by atoms with Crippen molar-refractivity contribution >= 4 is 11.8 Å². The first-order valence-electron chi connectivity index (χ1n) is 6.17. The van der Waals surface area contributed by atoms with Crippen molar-refractivity contribution in [3.05, 3.63) is 47.5 Å². The van der Waals surface area contributed by atoms with E-state index in [4.69, 9.17) is 5.84 Å². The molecule has 2 rings (SSSR count). The summed E-state index contributed by atoms with van der Waals surface area (Å²) in [7, 11) is 0. The highest BCUT2D eigenvalue weighted by atomic mass is 16.2. The summed E-state index contributed by atoms with van der Waals surface area (Å²) in [6, 6.07) is 6.55. The van der Waals surface area contributed by atoms with Gasteiger partial charge in [0.05, 0.1) is 17.2 Å². The number of hydrogen-bond acceptors (Lipinski definition) is 4. The molecule has 5 heteroatoms. The molecule has 0 bridgehead atoms. The van der Waals surface area contributed by atoms with E-state index in [1.807, 2.05) is 13.0 Å². The number of imide groups is 1. The molecule has 1 aromatic carbocycles. The van der Waals surface area contributed by atoms with E-state index in [9.17, 15) is 9.59 Å². The molecule has 0 spiro atoms. The third-order valence-electron chi connectivity index (χ3n) is 3.17. The average Bonchev–Trinajstić information content (AvgIpc) is 2.68. The lowest BCUT2D eigenvalue weighted by Gasteiger charge is -2.19. The van der Waals surface area contributed by atoms with Gasteiger partial charge in [0.25, 0.3) is 11.8 Å². The molecule has 2 amide bonds. The summed E-state index contributed by atoms with van der Waals surface area (Å²) in [5.41, 5.74) is 3.52. The second-order valence-electron chi connectivity index (χ2n) is 4.61. The van der Waals surface area contributed by atoms with Gasteiger partial charge in [-0.3, -0.25) is 25.8 Å². The third-order valence-corrected chi connectivity index (χ3v) is 3.17. The summed E-state index contributed by atoms with van der Waals surface area (Å²) in [5.74, 6) is 4.80. The monoisotopic (exact) mass is 259 g/mol. The SMILES string of the molecule is C[C@H](/C=C\[C@H](C)N1C(=O)c2ccccc2C1=O)NN. The first-order chi connectivity index (χ1) is 9.06. The lowest BCUT2D eigenvalue weighted by atomic mass is 10.1. The number of carbonyl (C=O) groups is 2. The summed E-state index contributed by atoms with van der Waals surface area (Å²) in [6.45, 7) is 3.69. The molecule has 0 aliphatic carbocycles. The van der Waals surface area contributed by atoms with E-state index < -0.39 is 0 Å². The predicted octanol–water partition coefficient (Wildman–Crippen LogP) is 1.08. The fourth-order valence-corrected chi connectivity index (χ4v) is 2.05. The largest absolute Gasteiger partial charge is 0.271 e. The maximum Gasteiger partial charge on any atom is 0.262 e. The maximum absolute atomic E-state index is 12.2. The fraction of sp³-hybridized carbons (Fsp3) is 0.286. The number of nitrogens with two attached hydrogens (primary N) is 1. The van der Waals surface area contributed by atoms with Gasteiger partial charge in [-0.1, -0.05) is 24.3 Å². The highest BCUT2D eigenvalue weighted by Gasteiger charge is 2.37. The molecule has 1 aromatic rings. The molecule has 0 saturated heterocycles. The first-order valence-corrected chi connectivity index (χ1v) is 6.17. The molecule has 0 radical (unpaired) electrons. The summed E-state index contributed by atoms with van der Waals surface area (Å²) < 4.78 is 0. The zero-order valence-corrected chi connectivity index (χ0v) is 11.0. The predicted molar refractivity (Wildman–Crippen MR) is 72.3 cm³/mol. The molecule has 100 valence electrons.